The van der Waals surface area contributed by atoms with Gasteiger partial charge in [0.25, 0.3) is 0 Å². The second-order valence-corrected chi connectivity index (χ2v) is 6.53. The lowest BCUT2D eigenvalue weighted by atomic mass is 9.78. The average molecular weight is 250 g/mol. The van der Waals surface area contributed by atoms with Crippen molar-refractivity contribution in [2.24, 2.45) is 17.8 Å². The largest absolute Gasteiger partial charge is 0.461 e. The third kappa shape index (κ3) is 1.56. The van der Waals surface area contributed by atoms with Gasteiger partial charge in [0.05, 0.1) is 11.5 Å². The molecule has 1 heterocycles. The van der Waals surface area contributed by atoms with E-state index in [0.717, 1.165) is 25.7 Å². The zero-order chi connectivity index (χ0) is 13.1. The highest BCUT2D eigenvalue weighted by molar-refractivity contribution is 5.75. The Bertz CT molecular complexity index is 421. The molecule has 5 atom stereocenters. The van der Waals surface area contributed by atoms with Gasteiger partial charge in [0.1, 0.15) is 6.10 Å². The second-order valence-electron chi connectivity index (χ2n) is 6.53. The molecule has 1 N–H and O–H groups in total. The summed E-state index contributed by atoms with van der Waals surface area (Å²) in [6.07, 6.45) is 3.71. The highest BCUT2D eigenvalue weighted by Crippen LogP contribution is 2.52. The fourth-order valence-electron chi connectivity index (χ4n) is 4.17. The summed E-state index contributed by atoms with van der Waals surface area (Å²) in [6.45, 7) is 6.05. The minimum Gasteiger partial charge on any atom is -0.461 e. The summed E-state index contributed by atoms with van der Waals surface area (Å²) in [5, 5.41) is 10.6. The average Bonchev–Trinajstić information content (AvgIpc) is 2.69. The number of carbonyl (C=O) groups is 1. The predicted octanol–water partition coefficient (Wildman–Crippen LogP) is 2.44. The van der Waals surface area contributed by atoms with Crippen molar-refractivity contribution in [2.75, 3.05) is 0 Å². The van der Waals surface area contributed by atoms with Crippen LogP contribution in [0.4, 0.5) is 0 Å². The Labute approximate surface area is 108 Å². The molecule has 0 spiro atoms. The molecule has 1 saturated heterocycles. The smallest absolute Gasteiger partial charge is 0.309 e. The van der Waals surface area contributed by atoms with Crippen molar-refractivity contribution in [2.45, 2.75) is 58.2 Å². The van der Waals surface area contributed by atoms with E-state index < -0.39 is 5.60 Å². The summed E-state index contributed by atoms with van der Waals surface area (Å²) in [6, 6.07) is 0. The maximum Gasteiger partial charge on any atom is 0.309 e. The third-order valence-electron chi connectivity index (χ3n) is 5.36. The van der Waals surface area contributed by atoms with E-state index in [9.17, 15) is 9.90 Å². The van der Waals surface area contributed by atoms with Crippen molar-refractivity contribution in [1.29, 1.82) is 0 Å². The SMILES string of the molecule is CC1=C2CC[C@](C)(O)[C@@H]2[C@H]2OC(=O)[C@@H](C)[C@H]2CC1. The lowest BCUT2D eigenvalue weighted by Gasteiger charge is -2.32. The van der Waals surface area contributed by atoms with Crippen LogP contribution in [0.2, 0.25) is 0 Å². The van der Waals surface area contributed by atoms with Gasteiger partial charge in [-0.25, -0.2) is 0 Å². The van der Waals surface area contributed by atoms with Crippen molar-refractivity contribution in [3.8, 4) is 0 Å². The van der Waals surface area contributed by atoms with Gasteiger partial charge in [0.2, 0.25) is 0 Å². The molecule has 3 rings (SSSR count). The quantitative estimate of drug-likeness (QED) is 0.530. The fraction of sp³-hybridized carbons (Fsp3) is 0.800. The van der Waals surface area contributed by atoms with Gasteiger partial charge in [-0.3, -0.25) is 4.79 Å². The molecule has 0 radical (unpaired) electrons. The van der Waals surface area contributed by atoms with Gasteiger partial charge in [0.15, 0.2) is 0 Å². The number of rotatable bonds is 0. The van der Waals surface area contributed by atoms with Gasteiger partial charge in [-0.1, -0.05) is 18.1 Å². The van der Waals surface area contributed by atoms with E-state index in [1.165, 1.54) is 11.1 Å². The Morgan fingerprint density at radius 3 is 2.83 bits per heavy atom. The zero-order valence-electron chi connectivity index (χ0n) is 11.4. The minimum atomic E-state index is -0.714. The Morgan fingerprint density at radius 2 is 2.11 bits per heavy atom. The summed E-state index contributed by atoms with van der Waals surface area (Å²) in [5.74, 6) is 0.212. The molecule has 3 nitrogen and oxygen atoms in total. The van der Waals surface area contributed by atoms with Crippen molar-refractivity contribution in [1.82, 2.24) is 0 Å². The van der Waals surface area contributed by atoms with E-state index >= 15 is 0 Å². The van der Waals surface area contributed by atoms with E-state index in [0.29, 0.717) is 0 Å². The van der Waals surface area contributed by atoms with Crippen molar-refractivity contribution in [3.05, 3.63) is 11.1 Å². The number of carbonyl (C=O) groups excluding carboxylic acids is 1. The van der Waals surface area contributed by atoms with E-state index in [4.69, 9.17) is 4.74 Å². The molecular formula is C15H22O3. The van der Waals surface area contributed by atoms with Crippen molar-refractivity contribution >= 4 is 5.97 Å². The molecule has 18 heavy (non-hydrogen) atoms. The number of aliphatic hydroxyl groups is 1. The molecule has 2 fully saturated rings. The number of hydrogen-bond donors (Lipinski definition) is 1. The third-order valence-corrected chi connectivity index (χ3v) is 5.36. The van der Waals surface area contributed by atoms with Gasteiger partial charge in [-0.15, -0.1) is 0 Å². The first-order valence-electron chi connectivity index (χ1n) is 7.03. The summed E-state index contributed by atoms with van der Waals surface area (Å²) < 4.78 is 5.62. The Balaban J connectivity index is 2.04. The Morgan fingerprint density at radius 1 is 1.39 bits per heavy atom. The number of fused-ring (bicyclic) bond motifs is 3. The summed E-state index contributed by atoms with van der Waals surface area (Å²) in [5.41, 5.74) is 2.05. The molecule has 3 heteroatoms. The topological polar surface area (TPSA) is 46.5 Å². The van der Waals surface area contributed by atoms with Crippen LogP contribution in [0.3, 0.4) is 0 Å². The molecule has 0 aromatic carbocycles. The highest BCUT2D eigenvalue weighted by Gasteiger charge is 2.55. The van der Waals surface area contributed by atoms with Crippen LogP contribution < -0.4 is 0 Å². The van der Waals surface area contributed by atoms with E-state index in [2.05, 4.69) is 6.92 Å². The first kappa shape index (κ1) is 12.2. The molecule has 0 aromatic heterocycles. The minimum absolute atomic E-state index is 0.0152. The highest BCUT2D eigenvalue weighted by atomic mass is 16.6. The number of hydrogen-bond acceptors (Lipinski definition) is 3. The monoisotopic (exact) mass is 250 g/mol. The van der Waals surface area contributed by atoms with Crippen molar-refractivity contribution in [3.63, 3.8) is 0 Å². The van der Waals surface area contributed by atoms with Crippen LogP contribution in [0.5, 0.6) is 0 Å². The Hall–Kier alpha value is -0.830. The maximum atomic E-state index is 11.8. The molecule has 1 aliphatic heterocycles. The van der Waals surface area contributed by atoms with E-state index in [-0.39, 0.29) is 29.8 Å². The van der Waals surface area contributed by atoms with Crippen LogP contribution in [0.1, 0.15) is 46.5 Å². The van der Waals surface area contributed by atoms with Crippen LogP contribution in [-0.4, -0.2) is 22.8 Å². The van der Waals surface area contributed by atoms with Crippen LogP contribution >= 0.6 is 0 Å². The molecule has 2 aliphatic carbocycles. The van der Waals surface area contributed by atoms with E-state index in [1.54, 1.807) is 0 Å². The number of allylic oxidation sites excluding steroid dienone is 1. The summed E-state index contributed by atoms with van der Waals surface area (Å²) >= 11 is 0. The predicted molar refractivity (Wildman–Crippen MR) is 67.8 cm³/mol. The van der Waals surface area contributed by atoms with Gasteiger partial charge >= 0.3 is 5.97 Å². The molecule has 0 unspecified atom stereocenters. The normalized spacial score (nSPS) is 47.7. The summed E-state index contributed by atoms with van der Waals surface area (Å²) in [7, 11) is 0. The first-order chi connectivity index (χ1) is 8.42. The molecule has 1 saturated carbocycles. The zero-order valence-corrected chi connectivity index (χ0v) is 11.4. The molecule has 0 amide bonds. The molecule has 100 valence electrons. The molecule has 0 bridgehead atoms. The van der Waals surface area contributed by atoms with E-state index in [1.807, 2.05) is 13.8 Å². The van der Waals surface area contributed by atoms with Crippen LogP contribution in [0.25, 0.3) is 0 Å². The molecule has 3 aliphatic rings. The first-order valence-corrected chi connectivity index (χ1v) is 7.03. The number of esters is 1. The molecule has 0 aromatic rings. The van der Waals surface area contributed by atoms with Gasteiger partial charge in [0, 0.05) is 11.8 Å². The van der Waals surface area contributed by atoms with Gasteiger partial charge < -0.3 is 9.84 Å². The van der Waals surface area contributed by atoms with Crippen molar-refractivity contribution < 1.29 is 14.6 Å². The lowest BCUT2D eigenvalue weighted by Crippen LogP contribution is -2.40. The second kappa shape index (κ2) is 3.83. The fourth-order valence-corrected chi connectivity index (χ4v) is 4.17. The van der Waals surface area contributed by atoms with Crippen LogP contribution in [0.15, 0.2) is 11.1 Å². The maximum absolute atomic E-state index is 11.8. The Kier molecular flexibility index (Phi) is 2.60. The molecular weight excluding hydrogens is 228 g/mol. The van der Waals surface area contributed by atoms with Crippen LogP contribution in [-0.2, 0) is 9.53 Å². The van der Waals surface area contributed by atoms with Gasteiger partial charge in [-0.05, 0) is 39.5 Å². The standard InChI is InChI=1S/C15H22O3/c1-8-4-5-11-9(2)14(16)18-13(11)12-10(8)6-7-15(12,3)17/h9,11-13,17H,4-7H2,1-3H3/t9-,11+,12-,13-,15-/m0/s1. The van der Waals surface area contributed by atoms with Crippen LogP contribution in [0, 0.1) is 17.8 Å². The lowest BCUT2D eigenvalue weighted by molar-refractivity contribution is -0.147. The van der Waals surface area contributed by atoms with Gasteiger partial charge in [-0.2, -0.15) is 0 Å². The number of ether oxygens (including phenoxy) is 1. The summed E-state index contributed by atoms with van der Waals surface area (Å²) in [4.78, 5) is 11.8.